The lowest BCUT2D eigenvalue weighted by Crippen LogP contribution is -2.53. The summed E-state index contributed by atoms with van der Waals surface area (Å²) in [6, 6.07) is 4.22. The summed E-state index contributed by atoms with van der Waals surface area (Å²) in [4.78, 5) is 22.5. The summed E-state index contributed by atoms with van der Waals surface area (Å²) >= 11 is 1.93. The van der Waals surface area contributed by atoms with Gasteiger partial charge in [0.25, 0.3) is 11.6 Å². The molecule has 21 heavy (non-hydrogen) atoms. The molecule has 0 radical (unpaired) electrons. The van der Waals surface area contributed by atoms with Crippen LogP contribution in [0, 0.1) is 19.6 Å². The number of nitrogens with one attached hydrogen (secondary N) is 1. The predicted molar refractivity (Wildman–Crippen MR) is 90.7 cm³/mol. The van der Waals surface area contributed by atoms with Crippen LogP contribution < -0.4 is 11.1 Å². The first-order chi connectivity index (χ1) is 9.37. The predicted octanol–water partition coefficient (Wildman–Crippen LogP) is 2.48. The molecule has 1 atom stereocenters. The van der Waals surface area contributed by atoms with Gasteiger partial charge in [0, 0.05) is 22.2 Å². The van der Waals surface area contributed by atoms with Gasteiger partial charge in [0.15, 0.2) is 0 Å². The SMILES string of the molecule is CC(CN)(NC(=O)c1ccc([N+](=O)[O-])cc1I)C1CC1.Cl. The van der Waals surface area contributed by atoms with Crippen LogP contribution in [-0.4, -0.2) is 22.9 Å². The molecule has 3 N–H and O–H groups in total. The van der Waals surface area contributed by atoms with Gasteiger partial charge in [-0.25, -0.2) is 0 Å². The second-order valence-corrected chi connectivity index (χ2v) is 6.43. The first-order valence-corrected chi connectivity index (χ1v) is 7.42. The first-order valence-electron chi connectivity index (χ1n) is 6.34. The van der Waals surface area contributed by atoms with Crippen LogP contribution in [0.25, 0.3) is 0 Å². The van der Waals surface area contributed by atoms with Gasteiger partial charge in [0.05, 0.1) is 16.0 Å². The molecule has 0 aliphatic heterocycles. The second-order valence-electron chi connectivity index (χ2n) is 5.27. The van der Waals surface area contributed by atoms with E-state index in [1.807, 2.05) is 29.5 Å². The first kappa shape index (κ1) is 18.1. The quantitative estimate of drug-likeness (QED) is 0.430. The molecule has 1 saturated carbocycles. The third-order valence-corrected chi connectivity index (χ3v) is 4.60. The molecule has 1 aromatic carbocycles. The highest BCUT2D eigenvalue weighted by Crippen LogP contribution is 2.39. The van der Waals surface area contributed by atoms with Crippen molar-refractivity contribution in [2.75, 3.05) is 6.54 Å². The minimum Gasteiger partial charge on any atom is -0.345 e. The molecule has 1 aliphatic rings. The third-order valence-electron chi connectivity index (χ3n) is 3.71. The average molecular weight is 426 g/mol. The number of nitrogens with zero attached hydrogens (tertiary/aromatic N) is 1. The highest BCUT2D eigenvalue weighted by atomic mass is 127. The monoisotopic (exact) mass is 425 g/mol. The average Bonchev–Trinajstić information content (AvgIpc) is 3.22. The van der Waals surface area contributed by atoms with E-state index in [0.29, 0.717) is 21.6 Å². The maximum atomic E-state index is 12.3. The molecule has 1 fully saturated rings. The Morgan fingerprint density at radius 1 is 1.57 bits per heavy atom. The number of nitro benzene ring substituents is 1. The zero-order chi connectivity index (χ0) is 14.9. The molecule has 1 unspecified atom stereocenters. The standard InChI is InChI=1S/C13H16IN3O3.ClH/c1-13(7-15,8-2-3-8)16-12(18)10-5-4-9(17(19)20)6-11(10)14;/h4-6,8H,2-3,7,15H2,1H3,(H,16,18);1H. The Balaban J connectivity index is 0.00000220. The Morgan fingerprint density at radius 3 is 2.62 bits per heavy atom. The van der Waals surface area contributed by atoms with Crippen molar-refractivity contribution in [2.45, 2.75) is 25.3 Å². The lowest BCUT2D eigenvalue weighted by Gasteiger charge is -2.29. The van der Waals surface area contributed by atoms with Gasteiger partial charge in [0.1, 0.15) is 0 Å². The van der Waals surface area contributed by atoms with Crippen LogP contribution in [0.1, 0.15) is 30.1 Å². The Morgan fingerprint density at radius 2 is 2.19 bits per heavy atom. The van der Waals surface area contributed by atoms with Crippen molar-refractivity contribution in [1.82, 2.24) is 5.32 Å². The van der Waals surface area contributed by atoms with E-state index in [1.54, 1.807) is 0 Å². The van der Waals surface area contributed by atoms with E-state index in [0.717, 1.165) is 12.8 Å². The van der Waals surface area contributed by atoms with Crippen LogP contribution >= 0.6 is 35.0 Å². The van der Waals surface area contributed by atoms with E-state index in [9.17, 15) is 14.9 Å². The molecule has 0 spiro atoms. The number of nitrogens with two attached hydrogens (primary N) is 1. The highest BCUT2D eigenvalue weighted by molar-refractivity contribution is 14.1. The number of rotatable bonds is 5. The van der Waals surface area contributed by atoms with E-state index in [4.69, 9.17) is 5.73 Å². The van der Waals surface area contributed by atoms with Crippen molar-refractivity contribution in [3.8, 4) is 0 Å². The minimum atomic E-state index is -0.474. The van der Waals surface area contributed by atoms with E-state index in [2.05, 4.69) is 5.32 Å². The molecule has 2 rings (SSSR count). The summed E-state index contributed by atoms with van der Waals surface area (Å²) in [6.45, 7) is 2.33. The summed E-state index contributed by atoms with van der Waals surface area (Å²) in [5, 5.41) is 13.7. The summed E-state index contributed by atoms with van der Waals surface area (Å²) in [5.74, 6) is 0.191. The van der Waals surface area contributed by atoms with Crippen LogP contribution in [0.4, 0.5) is 5.69 Å². The Hall–Kier alpha value is -0.930. The minimum absolute atomic E-state index is 0. The lowest BCUT2D eigenvalue weighted by atomic mass is 9.95. The topological polar surface area (TPSA) is 98.3 Å². The van der Waals surface area contributed by atoms with Crippen LogP contribution in [0.3, 0.4) is 0 Å². The van der Waals surface area contributed by atoms with Crippen molar-refractivity contribution >= 4 is 46.6 Å². The molecular weight excluding hydrogens is 409 g/mol. The number of non-ortho nitro benzene ring substituents is 1. The van der Waals surface area contributed by atoms with E-state index >= 15 is 0 Å². The maximum absolute atomic E-state index is 12.3. The number of nitro groups is 1. The van der Waals surface area contributed by atoms with Crippen LogP contribution in [-0.2, 0) is 0 Å². The molecule has 1 amide bonds. The number of benzene rings is 1. The van der Waals surface area contributed by atoms with Crippen LogP contribution in [0.5, 0.6) is 0 Å². The number of hydrogen-bond acceptors (Lipinski definition) is 4. The van der Waals surface area contributed by atoms with Gasteiger partial charge >= 0.3 is 0 Å². The van der Waals surface area contributed by atoms with E-state index in [-0.39, 0.29) is 24.0 Å². The largest absolute Gasteiger partial charge is 0.345 e. The van der Waals surface area contributed by atoms with Crippen molar-refractivity contribution in [3.63, 3.8) is 0 Å². The van der Waals surface area contributed by atoms with Gasteiger partial charge in [-0.05, 0) is 54.3 Å². The van der Waals surface area contributed by atoms with Gasteiger partial charge in [-0.2, -0.15) is 0 Å². The van der Waals surface area contributed by atoms with Crippen molar-refractivity contribution in [3.05, 3.63) is 37.4 Å². The number of carbonyl (C=O) groups excluding carboxylic acids is 1. The summed E-state index contributed by atoms with van der Waals surface area (Å²) in [5.41, 5.74) is 5.79. The van der Waals surface area contributed by atoms with Crippen molar-refractivity contribution in [1.29, 1.82) is 0 Å². The molecule has 0 heterocycles. The summed E-state index contributed by atoms with van der Waals surface area (Å²) in [6.07, 6.45) is 2.15. The number of amides is 1. The molecule has 1 aromatic rings. The fraction of sp³-hybridized carbons (Fsp3) is 0.462. The van der Waals surface area contributed by atoms with Gasteiger partial charge in [-0.15, -0.1) is 12.4 Å². The Labute approximate surface area is 142 Å². The molecule has 8 heteroatoms. The van der Waals surface area contributed by atoms with E-state index < -0.39 is 10.5 Å². The summed E-state index contributed by atoms with van der Waals surface area (Å²) in [7, 11) is 0. The zero-order valence-corrected chi connectivity index (χ0v) is 14.4. The molecule has 0 saturated heterocycles. The third kappa shape index (κ3) is 4.04. The molecule has 1 aliphatic carbocycles. The Bertz CT molecular complexity index is 566. The smallest absolute Gasteiger partial charge is 0.270 e. The lowest BCUT2D eigenvalue weighted by molar-refractivity contribution is -0.384. The number of hydrogen-bond donors (Lipinski definition) is 2. The fourth-order valence-electron chi connectivity index (χ4n) is 2.17. The molecular formula is C13H17ClIN3O3. The molecule has 0 bridgehead atoms. The van der Waals surface area contributed by atoms with Crippen molar-refractivity contribution in [2.24, 2.45) is 11.7 Å². The normalized spacial score (nSPS) is 16.5. The van der Waals surface area contributed by atoms with Gasteiger partial charge in [0.2, 0.25) is 0 Å². The second kappa shape index (κ2) is 6.89. The number of carbonyl (C=O) groups is 1. The van der Waals surface area contributed by atoms with Crippen LogP contribution in [0.2, 0.25) is 0 Å². The molecule has 0 aromatic heterocycles. The zero-order valence-electron chi connectivity index (χ0n) is 11.5. The summed E-state index contributed by atoms with van der Waals surface area (Å²) < 4.78 is 0.560. The fourth-order valence-corrected chi connectivity index (χ4v) is 2.91. The van der Waals surface area contributed by atoms with Gasteiger partial charge in [-0.3, -0.25) is 14.9 Å². The van der Waals surface area contributed by atoms with E-state index in [1.165, 1.54) is 18.2 Å². The maximum Gasteiger partial charge on any atom is 0.270 e. The van der Waals surface area contributed by atoms with Gasteiger partial charge < -0.3 is 11.1 Å². The Kier molecular flexibility index (Phi) is 5.94. The molecule has 116 valence electrons. The van der Waals surface area contributed by atoms with Gasteiger partial charge in [-0.1, -0.05) is 0 Å². The highest BCUT2D eigenvalue weighted by Gasteiger charge is 2.41. The van der Waals surface area contributed by atoms with Crippen LogP contribution in [0.15, 0.2) is 18.2 Å². The van der Waals surface area contributed by atoms with Crippen molar-refractivity contribution < 1.29 is 9.72 Å². The number of halogens is 2. The molecule has 6 nitrogen and oxygen atoms in total.